The number of carboxylic acids is 2. The predicted octanol–water partition coefficient (Wildman–Crippen LogP) is -0.611. The van der Waals surface area contributed by atoms with Gasteiger partial charge in [0.25, 0.3) is 0 Å². The Morgan fingerprint density at radius 3 is 2.00 bits per heavy atom. The lowest BCUT2D eigenvalue weighted by atomic mass is 10.0. The summed E-state index contributed by atoms with van der Waals surface area (Å²) in [5, 5.41) is 17.5. The van der Waals surface area contributed by atoms with E-state index in [4.69, 9.17) is 20.8 Å². The molecule has 0 aliphatic carbocycles. The van der Waals surface area contributed by atoms with Gasteiger partial charge in [-0.25, -0.2) is 0 Å². The van der Waals surface area contributed by atoms with Crippen molar-refractivity contribution in [3.8, 4) is 0 Å². The SMILES string of the molecule is CP(=O)(O)C(C(=O)O)C(CCN)C(=O)O. The number of hydrogen-bond donors (Lipinski definition) is 4. The first-order chi connectivity index (χ1) is 6.71. The van der Waals surface area contributed by atoms with Gasteiger partial charge in [0.2, 0.25) is 7.37 Å². The van der Waals surface area contributed by atoms with Crippen molar-refractivity contribution in [3.63, 3.8) is 0 Å². The summed E-state index contributed by atoms with van der Waals surface area (Å²) in [5.74, 6) is -4.46. The van der Waals surface area contributed by atoms with Gasteiger partial charge in [-0.3, -0.25) is 14.2 Å². The highest BCUT2D eigenvalue weighted by atomic mass is 31.2. The van der Waals surface area contributed by atoms with E-state index in [0.29, 0.717) is 0 Å². The smallest absolute Gasteiger partial charge is 0.317 e. The Morgan fingerprint density at radius 2 is 1.80 bits per heavy atom. The summed E-state index contributed by atoms with van der Waals surface area (Å²) in [6, 6.07) is 0. The van der Waals surface area contributed by atoms with E-state index in [1.54, 1.807) is 0 Å². The Kier molecular flexibility index (Phi) is 4.93. The highest BCUT2D eigenvalue weighted by molar-refractivity contribution is 7.59. The zero-order valence-corrected chi connectivity index (χ0v) is 9.05. The number of rotatable bonds is 6. The second-order valence-electron chi connectivity index (χ2n) is 3.25. The first-order valence-corrected chi connectivity index (χ1v) is 6.35. The number of carboxylic acid groups (broad SMARTS) is 2. The van der Waals surface area contributed by atoms with Crippen molar-refractivity contribution < 1.29 is 29.3 Å². The summed E-state index contributed by atoms with van der Waals surface area (Å²) in [6.45, 7) is 0.777. The van der Waals surface area contributed by atoms with Gasteiger partial charge < -0.3 is 20.8 Å². The molecule has 0 fully saturated rings. The van der Waals surface area contributed by atoms with Crippen LogP contribution in [-0.2, 0) is 14.2 Å². The van der Waals surface area contributed by atoms with Crippen molar-refractivity contribution in [3.05, 3.63) is 0 Å². The van der Waals surface area contributed by atoms with E-state index in [1.165, 1.54) is 0 Å². The van der Waals surface area contributed by atoms with Crippen molar-refractivity contribution in [2.45, 2.75) is 12.1 Å². The Labute approximate surface area is 86.4 Å². The molecule has 88 valence electrons. The zero-order valence-electron chi connectivity index (χ0n) is 8.16. The second-order valence-corrected chi connectivity index (χ2v) is 5.69. The maximum Gasteiger partial charge on any atom is 0.317 e. The van der Waals surface area contributed by atoms with E-state index in [9.17, 15) is 14.2 Å². The van der Waals surface area contributed by atoms with Crippen LogP contribution >= 0.6 is 7.37 Å². The Hall–Kier alpha value is -0.910. The topological polar surface area (TPSA) is 138 Å². The van der Waals surface area contributed by atoms with Crippen LogP contribution in [0.2, 0.25) is 0 Å². The molecule has 8 heteroatoms. The minimum atomic E-state index is -4.01. The normalized spacial score (nSPS) is 18.9. The fourth-order valence-electron chi connectivity index (χ4n) is 1.31. The highest BCUT2D eigenvalue weighted by Crippen LogP contribution is 2.46. The summed E-state index contributed by atoms with van der Waals surface area (Å²) in [5.41, 5.74) is 3.31. The maximum absolute atomic E-state index is 11.2. The van der Waals surface area contributed by atoms with Crippen molar-refractivity contribution in [1.82, 2.24) is 0 Å². The predicted molar refractivity (Wildman–Crippen MR) is 52.0 cm³/mol. The van der Waals surface area contributed by atoms with Gasteiger partial charge in [0.05, 0.1) is 5.92 Å². The van der Waals surface area contributed by atoms with Crippen molar-refractivity contribution in [2.75, 3.05) is 13.2 Å². The molecule has 0 aromatic rings. The molecule has 5 N–H and O–H groups in total. The molecule has 0 aromatic carbocycles. The standard InChI is InChI=1S/C7H14NO6P/c1-15(13,14)5(7(11)12)4(2-3-8)6(9)10/h4-5H,2-3,8H2,1H3,(H,9,10)(H,11,12)(H,13,14). The third kappa shape index (κ3) is 3.99. The number of nitrogens with two attached hydrogens (primary N) is 1. The van der Waals surface area contributed by atoms with E-state index < -0.39 is 30.9 Å². The summed E-state index contributed by atoms with van der Waals surface area (Å²) in [7, 11) is -4.01. The van der Waals surface area contributed by atoms with Gasteiger partial charge in [-0.2, -0.15) is 0 Å². The molecule has 0 saturated carbocycles. The molecule has 0 aliphatic heterocycles. The van der Waals surface area contributed by atoms with Crippen LogP contribution < -0.4 is 5.73 Å². The van der Waals surface area contributed by atoms with Crippen LogP contribution in [0.4, 0.5) is 0 Å². The van der Waals surface area contributed by atoms with Crippen LogP contribution in [0.15, 0.2) is 0 Å². The molecule has 3 atom stereocenters. The van der Waals surface area contributed by atoms with E-state index in [-0.39, 0.29) is 13.0 Å². The highest BCUT2D eigenvalue weighted by Gasteiger charge is 2.43. The quantitative estimate of drug-likeness (QED) is 0.453. The number of hydrogen-bond acceptors (Lipinski definition) is 4. The van der Waals surface area contributed by atoms with E-state index in [0.717, 1.165) is 6.66 Å². The van der Waals surface area contributed by atoms with E-state index in [2.05, 4.69) is 0 Å². The molecule has 15 heavy (non-hydrogen) atoms. The van der Waals surface area contributed by atoms with Crippen LogP contribution in [-0.4, -0.2) is 45.9 Å². The molecule has 0 amide bonds. The molecule has 0 spiro atoms. The molecule has 0 heterocycles. The molecule has 7 nitrogen and oxygen atoms in total. The monoisotopic (exact) mass is 239 g/mol. The summed E-state index contributed by atoms with van der Waals surface area (Å²) >= 11 is 0. The van der Waals surface area contributed by atoms with Crippen LogP contribution in [0, 0.1) is 5.92 Å². The van der Waals surface area contributed by atoms with Crippen LogP contribution in [0.3, 0.4) is 0 Å². The van der Waals surface area contributed by atoms with Crippen LogP contribution in [0.5, 0.6) is 0 Å². The van der Waals surface area contributed by atoms with E-state index >= 15 is 0 Å². The molecule has 0 bridgehead atoms. The van der Waals surface area contributed by atoms with Gasteiger partial charge in [0, 0.05) is 6.66 Å². The van der Waals surface area contributed by atoms with Crippen LogP contribution in [0.25, 0.3) is 0 Å². The van der Waals surface area contributed by atoms with Gasteiger partial charge in [-0.05, 0) is 13.0 Å². The molecular weight excluding hydrogens is 225 g/mol. The lowest BCUT2D eigenvalue weighted by molar-refractivity contribution is -0.148. The average Bonchev–Trinajstić information content (AvgIpc) is 1.99. The molecule has 0 radical (unpaired) electrons. The van der Waals surface area contributed by atoms with Gasteiger partial charge in [-0.1, -0.05) is 0 Å². The molecule has 0 saturated heterocycles. The largest absolute Gasteiger partial charge is 0.481 e. The molecule has 0 aliphatic rings. The number of carbonyl (C=O) groups is 2. The first kappa shape index (κ1) is 14.1. The Morgan fingerprint density at radius 1 is 1.33 bits per heavy atom. The van der Waals surface area contributed by atoms with Gasteiger partial charge in [-0.15, -0.1) is 0 Å². The van der Waals surface area contributed by atoms with Gasteiger partial charge in [0.1, 0.15) is 5.66 Å². The average molecular weight is 239 g/mol. The van der Waals surface area contributed by atoms with Gasteiger partial charge in [0.15, 0.2) is 0 Å². The molecular formula is C7H14NO6P. The summed E-state index contributed by atoms with van der Waals surface area (Å²) in [4.78, 5) is 30.6. The molecule has 0 aromatic heterocycles. The van der Waals surface area contributed by atoms with Gasteiger partial charge >= 0.3 is 11.9 Å². The Bertz CT molecular complexity index is 298. The lowest BCUT2D eigenvalue weighted by Crippen LogP contribution is -2.36. The Balaban J connectivity index is 5.11. The summed E-state index contributed by atoms with van der Waals surface area (Å²) in [6.07, 6.45) is -0.148. The lowest BCUT2D eigenvalue weighted by Gasteiger charge is -2.21. The van der Waals surface area contributed by atoms with Crippen molar-refractivity contribution in [2.24, 2.45) is 11.7 Å². The van der Waals surface area contributed by atoms with E-state index in [1.807, 2.05) is 0 Å². The minimum absolute atomic E-state index is 0.0548. The fraction of sp³-hybridized carbons (Fsp3) is 0.714. The molecule has 3 unspecified atom stereocenters. The van der Waals surface area contributed by atoms with Crippen LogP contribution in [0.1, 0.15) is 6.42 Å². The first-order valence-electron chi connectivity index (χ1n) is 4.17. The van der Waals surface area contributed by atoms with Crippen molar-refractivity contribution >= 4 is 19.3 Å². The fourth-order valence-corrected chi connectivity index (χ4v) is 2.66. The number of aliphatic carboxylic acids is 2. The minimum Gasteiger partial charge on any atom is -0.481 e. The maximum atomic E-state index is 11.2. The van der Waals surface area contributed by atoms with Crippen molar-refractivity contribution in [1.29, 1.82) is 0 Å². The third-order valence-corrected chi connectivity index (χ3v) is 3.56. The second kappa shape index (κ2) is 5.25. The third-order valence-electron chi connectivity index (χ3n) is 1.95. The zero-order chi connectivity index (χ0) is 12.2. The summed E-state index contributed by atoms with van der Waals surface area (Å²) < 4.78 is 11.2. The molecule has 0 rings (SSSR count).